The quantitative estimate of drug-likeness (QED) is 0.188. The zero-order chi connectivity index (χ0) is 46.5. The number of cyclic esters (lactones) is 1. The predicted octanol–water partition coefficient (Wildman–Crippen LogP) is 4.32. The van der Waals surface area contributed by atoms with Gasteiger partial charge in [-0.15, -0.1) is 0 Å². The molecule has 2 N–H and O–H groups in total. The van der Waals surface area contributed by atoms with Crippen molar-refractivity contribution in [3.8, 4) is 0 Å². The lowest BCUT2D eigenvalue weighted by Gasteiger charge is -2.50. The molecule has 17 nitrogen and oxygen atoms in total. The Morgan fingerprint density at radius 2 is 1.55 bits per heavy atom. The van der Waals surface area contributed by atoms with E-state index in [9.17, 15) is 24.6 Å². The Bertz CT molecular complexity index is 1570. The zero-order valence-electron chi connectivity index (χ0n) is 39.7. The highest BCUT2D eigenvalue weighted by Crippen LogP contribution is 2.43. The molecule has 0 aromatic carbocycles. The summed E-state index contributed by atoms with van der Waals surface area (Å²) in [5.74, 6) is -4.73. The van der Waals surface area contributed by atoms with Crippen LogP contribution in [0.1, 0.15) is 109 Å². The average molecular weight is 885 g/mol. The van der Waals surface area contributed by atoms with Gasteiger partial charge in [-0.05, 0) is 81.0 Å². The van der Waals surface area contributed by atoms with Gasteiger partial charge in [0, 0.05) is 45.1 Å². The third-order valence-electron chi connectivity index (χ3n) is 13.4. The molecule has 0 aromatic heterocycles. The van der Waals surface area contributed by atoms with E-state index in [1.54, 1.807) is 33.8 Å². The summed E-state index contributed by atoms with van der Waals surface area (Å²) >= 11 is 0. The van der Waals surface area contributed by atoms with E-state index in [4.69, 9.17) is 47.5 Å². The van der Waals surface area contributed by atoms with Crippen molar-refractivity contribution in [3.63, 3.8) is 0 Å². The van der Waals surface area contributed by atoms with Gasteiger partial charge in [0.15, 0.2) is 24.8 Å². The van der Waals surface area contributed by atoms with E-state index in [2.05, 4.69) is 5.16 Å². The highest BCUT2D eigenvalue weighted by molar-refractivity contribution is 5.88. The number of fused-ring (bicyclic) bond motifs is 3. The first-order valence-corrected chi connectivity index (χ1v) is 22.2. The Morgan fingerprint density at radius 1 is 0.903 bits per heavy atom. The lowest BCUT2D eigenvalue weighted by atomic mass is 9.73. The lowest BCUT2D eigenvalue weighted by Crippen LogP contribution is -2.62. The first kappa shape index (κ1) is 51.9. The minimum absolute atomic E-state index is 0.108. The number of ether oxygens (including phenoxy) is 9. The Hall–Kier alpha value is -2.74. The molecule has 0 unspecified atom stereocenters. The molecule has 0 amide bonds. The second kappa shape index (κ2) is 21.5. The van der Waals surface area contributed by atoms with E-state index in [0.29, 0.717) is 12.1 Å². The van der Waals surface area contributed by atoms with Crippen molar-refractivity contribution in [2.24, 2.45) is 28.8 Å². The number of aliphatic hydroxyl groups excluding tert-OH is 1. The maximum absolute atomic E-state index is 14.6. The summed E-state index contributed by atoms with van der Waals surface area (Å²) in [6.45, 7) is 20.8. The maximum atomic E-state index is 14.6. The van der Waals surface area contributed by atoms with Gasteiger partial charge in [-0.2, -0.15) is 0 Å². The summed E-state index contributed by atoms with van der Waals surface area (Å²) in [5.41, 5.74) is -3.77. The summed E-state index contributed by atoms with van der Waals surface area (Å²) in [7, 11) is 5.34. The van der Waals surface area contributed by atoms with Gasteiger partial charge in [-0.1, -0.05) is 38.9 Å². The van der Waals surface area contributed by atoms with Crippen LogP contribution in [0.2, 0.25) is 0 Å². The third-order valence-corrected chi connectivity index (χ3v) is 13.4. The predicted molar refractivity (Wildman–Crippen MR) is 227 cm³/mol. The minimum Gasteiger partial charge on any atom is -0.459 e. The van der Waals surface area contributed by atoms with Gasteiger partial charge < -0.3 is 62.6 Å². The average Bonchev–Trinajstić information content (AvgIpc) is 3.22. The molecule has 4 rings (SSSR count). The number of nitrogens with zero attached hydrogens (tertiary/aromatic N) is 2. The highest BCUT2D eigenvalue weighted by atomic mass is 16.7. The van der Waals surface area contributed by atoms with E-state index in [0.717, 1.165) is 0 Å². The molecule has 0 radical (unpaired) electrons. The smallest absolute Gasteiger partial charge is 0.311 e. The number of hydrogen-bond acceptors (Lipinski definition) is 17. The number of carbonyl (C=O) groups excluding carboxylic acids is 3. The highest BCUT2D eigenvalue weighted by Gasteiger charge is 2.55. The fourth-order valence-electron chi connectivity index (χ4n) is 9.93. The molecule has 4 heterocycles. The topological polar surface area (TPSA) is 200 Å². The Labute approximate surface area is 368 Å². The zero-order valence-corrected chi connectivity index (χ0v) is 39.7. The van der Waals surface area contributed by atoms with Crippen LogP contribution in [-0.2, 0) is 61.9 Å². The van der Waals surface area contributed by atoms with E-state index in [1.807, 2.05) is 59.7 Å². The second-order valence-corrected chi connectivity index (χ2v) is 18.8. The van der Waals surface area contributed by atoms with Crippen molar-refractivity contribution >= 4 is 23.6 Å². The van der Waals surface area contributed by atoms with Crippen molar-refractivity contribution in [1.29, 1.82) is 0 Å². The van der Waals surface area contributed by atoms with Gasteiger partial charge >= 0.3 is 17.9 Å². The van der Waals surface area contributed by atoms with Crippen LogP contribution in [0.15, 0.2) is 17.3 Å². The van der Waals surface area contributed by atoms with E-state index >= 15 is 0 Å². The molecule has 17 heteroatoms. The van der Waals surface area contributed by atoms with Crippen LogP contribution in [0.25, 0.3) is 0 Å². The van der Waals surface area contributed by atoms with Gasteiger partial charge in [0.05, 0.1) is 60.4 Å². The van der Waals surface area contributed by atoms with Crippen molar-refractivity contribution in [2.75, 3.05) is 34.4 Å². The molecule has 0 spiro atoms. The van der Waals surface area contributed by atoms with Crippen molar-refractivity contribution in [2.45, 2.75) is 193 Å². The van der Waals surface area contributed by atoms with Crippen LogP contribution >= 0.6 is 0 Å². The number of carbonyl (C=O) groups is 3. The van der Waals surface area contributed by atoms with Gasteiger partial charge in [0.25, 0.3) is 0 Å². The third kappa shape index (κ3) is 11.9. The van der Waals surface area contributed by atoms with Crippen LogP contribution in [0, 0.1) is 23.7 Å². The van der Waals surface area contributed by atoms with E-state index in [-0.39, 0.29) is 44.6 Å². The van der Waals surface area contributed by atoms with E-state index < -0.39 is 114 Å². The summed E-state index contributed by atoms with van der Waals surface area (Å²) in [6, 6.07) is -0.281. The molecule has 356 valence electrons. The summed E-state index contributed by atoms with van der Waals surface area (Å²) in [4.78, 5) is 47.3. The molecule has 4 aliphatic rings. The largest absolute Gasteiger partial charge is 0.459 e. The molecule has 62 heavy (non-hydrogen) atoms. The number of methoxy groups -OCH3 is 1. The van der Waals surface area contributed by atoms with Crippen molar-refractivity contribution in [3.05, 3.63) is 12.2 Å². The monoisotopic (exact) mass is 885 g/mol. The molecule has 18 atom stereocenters. The molecule has 4 aliphatic heterocycles. The van der Waals surface area contributed by atoms with Gasteiger partial charge in [0.1, 0.15) is 23.9 Å². The molecule has 3 saturated heterocycles. The SMILES string of the molecule is CC[C@H]1OC(=O)[C@H](C)[C@@H](O[C@H]2C[C@@](C)(OC)[C@@H](OC(C)=O)[C@H](C)O2)[C@H](C)[C@@H](O[C@@H]2O[C@H](C)C[C@H](N(C)C)[C@H]2OC(C)=O)[C@@]2(C)C[C@@H](C)/C(=N\OC/C=C/CO2)[C@H](C)[C@H](O)[C@]1(C)O. The number of esters is 3. The van der Waals surface area contributed by atoms with Crippen molar-refractivity contribution in [1.82, 2.24) is 4.90 Å². The molecular formula is C45H76N2O15. The van der Waals surface area contributed by atoms with Crippen LogP contribution < -0.4 is 0 Å². The number of hydrogen-bond donors (Lipinski definition) is 2. The van der Waals surface area contributed by atoms with Crippen LogP contribution in [0.5, 0.6) is 0 Å². The Balaban J connectivity index is 1.97. The second-order valence-electron chi connectivity index (χ2n) is 18.8. The first-order chi connectivity index (χ1) is 28.9. The van der Waals surface area contributed by atoms with E-state index in [1.165, 1.54) is 27.9 Å². The number of oxime groups is 1. The normalized spacial score (nSPS) is 45.3. The summed E-state index contributed by atoms with van der Waals surface area (Å²) in [6.07, 6.45) is -4.67. The Morgan fingerprint density at radius 3 is 2.15 bits per heavy atom. The summed E-state index contributed by atoms with van der Waals surface area (Å²) < 4.78 is 57.9. The molecule has 0 aromatic rings. The molecule has 3 fully saturated rings. The van der Waals surface area contributed by atoms with Crippen LogP contribution in [0.4, 0.5) is 0 Å². The molecule has 0 saturated carbocycles. The van der Waals surface area contributed by atoms with Crippen LogP contribution in [0.3, 0.4) is 0 Å². The van der Waals surface area contributed by atoms with Gasteiger partial charge in [-0.3, -0.25) is 14.4 Å². The first-order valence-electron chi connectivity index (χ1n) is 22.2. The molecule has 0 aliphatic carbocycles. The fourth-order valence-corrected chi connectivity index (χ4v) is 9.93. The lowest BCUT2D eigenvalue weighted by molar-refractivity contribution is -0.321. The standard InChI is InChI=1S/C45H76N2O15/c1-16-33-45(12,52)38(50)26(4)35-24(2)22-44(11,54-19-17-18-20-55-46-35)39(62-42-37(58-30(8)48)32(47(13)14)21-25(3)56-42)27(5)36(28(6)41(51)60-33)61-34-23-43(10,53-15)40(29(7)57-34)59-31(9)49/h17-18,24-29,32-34,36-40,42,50,52H,16,19-23H2,1-15H3/b18-17+,46-35+/t24-,25-,26+,27+,28-,29+,32+,33-,34+,36+,37-,38+,39-,40+,42+,43-,44-,45-/m1/s1. The number of aliphatic hydroxyl groups is 2. The number of likely N-dealkylation sites (N-methyl/N-ethyl adjacent to an activating group) is 1. The maximum Gasteiger partial charge on any atom is 0.311 e. The number of rotatable bonds is 9. The van der Waals surface area contributed by atoms with Gasteiger partial charge in [0.2, 0.25) is 0 Å². The Kier molecular flexibility index (Phi) is 18.0. The fraction of sp³-hybridized carbons (Fsp3) is 0.867. The van der Waals surface area contributed by atoms with Gasteiger partial charge in [-0.25, -0.2) is 0 Å². The van der Waals surface area contributed by atoms with Crippen LogP contribution in [-0.4, -0.2) is 157 Å². The molecule has 2 bridgehead atoms. The minimum atomic E-state index is -1.92. The molecular weight excluding hydrogens is 808 g/mol. The van der Waals surface area contributed by atoms with Crippen molar-refractivity contribution < 1.29 is 72.1 Å². The summed E-state index contributed by atoms with van der Waals surface area (Å²) in [5, 5.41) is 28.6.